The SMILES string of the molecule is COc1cc(CNCC2CCCCC2)ccc1O. The molecule has 0 atom stereocenters. The van der Waals surface area contributed by atoms with Gasteiger partial charge < -0.3 is 15.2 Å². The summed E-state index contributed by atoms with van der Waals surface area (Å²) in [5, 5.41) is 13.0. The summed E-state index contributed by atoms with van der Waals surface area (Å²) in [7, 11) is 1.58. The number of phenolic OH excluding ortho intramolecular Hbond substituents is 1. The number of rotatable bonds is 5. The molecule has 0 aliphatic heterocycles. The topological polar surface area (TPSA) is 41.5 Å². The van der Waals surface area contributed by atoms with E-state index >= 15 is 0 Å². The predicted octanol–water partition coefficient (Wildman–Crippen LogP) is 3.07. The lowest BCUT2D eigenvalue weighted by atomic mass is 9.89. The average Bonchev–Trinajstić information content (AvgIpc) is 2.42. The standard InChI is InChI=1S/C15H23NO2/c1-18-15-9-13(7-8-14(15)17)11-16-10-12-5-3-2-4-6-12/h7-9,12,16-17H,2-6,10-11H2,1H3. The van der Waals surface area contributed by atoms with E-state index in [-0.39, 0.29) is 5.75 Å². The van der Waals surface area contributed by atoms with E-state index in [1.54, 1.807) is 13.2 Å². The van der Waals surface area contributed by atoms with Crippen LogP contribution in [-0.2, 0) is 6.54 Å². The molecule has 1 aliphatic carbocycles. The summed E-state index contributed by atoms with van der Waals surface area (Å²) in [4.78, 5) is 0. The first-order valence-electron chi connectivity index (χ1n) is 6.86. The van der Waals surface area contributed by atoms with Gasteiger partial charge in [-0.3, -0.25) is 0 Å². The maximum Gasteiger partial charge on any atom is 0.160 e. The number of hydrogen-bond acceptors (Lipinski definition) is 3. The van der Waals surface area contributed by atoms with Gasteiger partial charge in [0.2, 0.25) is 0 Å². The summed E-state index contributed by atoms with van der Waals surface area (Å²) in [5.41, 5.74) is 1.15. The highest BCUT2D eigenvalue weighted by molar-refractivity contribution is 5.41. The van der Waals surface area contributed by atoms with Crippen LogP contribution in [0.15, 0.2) is 18.2 Å². The van der Waals surface area contributed by atoms with Crippen LogP contribution in [0.4, 0.5) is 0 Å². The zero-order valence-electron chi connectivity index (χ0n) is 11.1. The van der Waals surface area contributed by atoms with Crippen molar-refractivity contribution in [3.8, 4) is 11.5 Å². The molecule has 3 nitrogen and oxygen atoms in total. The smallest absolute Gasteiger partial charge is 0.160 e. The van der Waals surface area contributed by atoms with Crippen LogP contribution in [-0.4, -0.2) is 18.8 Å². The second-order valence-corrected chi connectivity index (χ2v) is 5.14. The molecule has 0 heterocycles. The minimum absolute atomic E-state index is 0.202. The Morgan fingerprint density at radius 2 is 2.06 bits per heavy atom. The zero-order valence-corrected chi connectivity index (χ0v) is 11.1. The van der Waals surface area contributed by atoms with Crippen LogP contribution in [0.1, 0.15) is 37.7 Å². The van der Waals surface area contributed by atoms with Crippen LogP contribution in [0.5, 0.6) is 11.5 Å². The van der Waals surface area contributed by atoms with Crippen molar-refractivity contribution in [3.05, 3.63) is 23.8 Å². The van der Waals surface area contributed by atoms with Crippen molar-refractivity contribution in [1.82, 2.24) is 5.32 Å². The minimum atomic E-state index is 0.202. The lowest BCUT2D eigenvalue weighted by Gasteiger charge is -2.21. The van der Waals surface area contributed by atoms with Gasteiger partial charge in [-0.25, -0.2) is 0 Å². The lowest BCUT2D eigenvalue weighted by Crippen LogP contribution is -2.24. The molecule has 0 amide bonds. The third kappa shape index (κ3) is 3.64. The van der Waals surface area contributed by atoms with Crippen LogP contribution in [0.2, 0.25) is 0 Å². The quantitative estimate of drug-likeness (QED) is 0.842. The van der Waals surface area contributed by atoms with E-state index in [1.165, 1.54) is 32.1 Å². The molecule has 1 aliphatic rings. The van der Waals surface area contributed by atoms with Crippen molar-refractivity contribution in [3.63, 3.8) is 0 Å². The molecule has 2 rings (SSSR count). The van der Waals surface area contributed by atoms with E-state index < -0.39 is 0 Å². The number of methoxy groups -OCH3 is 1. The van der Waals surface area contributed by atoms with Gasteiger partial charge in [-0.1, -0.05) is 25.3 Å². The van der Waals surface area contributed by atoms with Gasteiger partial charge in [0.05, 0.1) is 7.11 Å². The summed E-state index contributed by atoms with van der Waals surface area (Å²) in [6.45, 7) is 1.94. The summed E-state index contributed by atoms with van der Waals surface area (Å²) < 4.78 is 5.10. The van der Waals surface area contributed by atoms with Crippen molar-refractivity contribution < 1.29 is 9.84 Å². The van der Waals surface area contributed by atoms with Crippen molar-refractivity contribution in [2.75, 3.05) is 13.7 Å². The Bertz CT molecular complexity index is 373. The first-order valence-corrected chi connectivity index (χ1v) is 6.86. The van der Waals surface area contributed by atoms with Crippen molar-refractivity contribution in [1.29, 1.82) is 0 Å². The Hall–Kier alpha value is -1.22. The van der Waals surface area contributed by atoms with Crippen molar-refractivity contribution in [2.24, 2.45) is 5.92 Å². The summed E-state index contributed by atoms with van der Waals surface area (Å²) >= 11 is 0. The van der Waals surface area contributed by atoms with Gasteiger partial charge in [0, 0.05) is 6.54 Å². The molecular formula is C15H23NO2. The van der Waals surface area contributed by atoms with Crippen LogP contribution >= 0.6 is 0 Å². The molecule has 1 fully saturated rings. The molecule has 0 aromatic heterocycles. The second-order valence-electron chi connectivity index (χ2n) is 5.14. The molecule has 0 spiro atoms. The molecule has 0 unspecified atom stereocenters. The monoisotopic (exact) mass is 249 g/mol. The van der Waals surface area contributed by atoms with Gasteiger partial charge >= 0.3 is 0 Å². The second kappa shape index (κ2) is 6.64. The van der Waals surface area contributed by atoms with Crippen LogP contribution in [0.25, 0.3) is 0 Å². The first kappa shape index (κ1) is 13.2. The van der Waals surface area contributed by atoms with Gasteiger partial charge in [0.15, 0.2) is 11.5 Å². The minimum Gasteiger partial charge on any atom is -0.504 e. The molecule has 1 saturated carbocycles. The Kier molecular flexibility index (Phi) is 4.88. The highest BCUT2D eigenvalue weighted by atomic mass is 16.5. The fraction of sp³-hybridized carbons (Fsp3) is 0.600. The molecule has 18 heavy (non-hydrogen) atoms. The van der Waals surface area contributed by atoms with Crippen LogP contribution in [0, 0.1) is 5.92 Å². The lowest BCUT2D eigenvalue weighted by molar-refractivity contribution is 0.341. The number of phenols is 1. The molecular weight excluding hydrogens is 226 g/mol. The van der Waals surface area contributed by atoms with Gasteiger partial charge in [-0.2, -0.15) is 0 Å². The van der Waals surface area contributed by atoms with E-state index in [0.29, 0.717) is 5.75 Å². The number of nitrogens with one attached hydrogen (secondary N) is 1. The highest BCUT2D eigenvalue weighted by Crippen LogP contribution is 2.26. The molecule has 100 valence electrons. The Labute approximate surface area is 109 Å². The fourth-order valence-electron chi connectivity index (χ4n) is 2.64. The zero-order chi connectivity index (χ0) is 12.8. The van der Waals surface area contributed by atoms with Crippen molar-refractivity contribution in [2.45, 2.75) is 38.6 Å². The largest absolute Gasteiger partial charge is 0.504 e. The summed E-state index contributed by atoms with van der Waals surface area (Å²) in [5.74, 6) is 1.60. The number of benzene rings is 1. The number of hydrogen-bond donors (Lipinski definition) is 2. The van der Waals surface area contributed by atoms with E-state index in [1.807, 2.05) is 12.1 Å². The normalized spacial score (nSPS) is 16.7. The van der Waals surface area contributed by atoms with Crippen LogP contribution < -0.4 is 10.1 Å². The molecule has 1 aromatic rings. The third-order valence-corrected chi connectivity index (χ3v) is 3.73. The maximum absolute atomic E-state index is 9.52. The van der Waals surface area contributed by atoms with Crippen molar-refractivity contribution >= 4 is 0 Å². The van der Waals surface area contributed by atoms with Gasteiger partial charge in [0.25, 0.3) is 0 Å². The number of ether oxygens (including phenoxy) is 1. The fourth-order valence-corrected chi connectivity index (χ4v) is 2.64. The predicted molar refractivity (Wildman–Crippen MR) is 72.9 cm³/mol. The Balaban J connectivity index is 1.79. The maximum atomic E-state index is 9.52. The molecule has 3 heteroatoms. The number of aromatic hydroxyl groups is 1. The summed E-state index contributed by atoms with van der Waals surface area (Å²) in [6, 6.07) is 5.52. The highest BCUT2D eigenvalue weighted by Gasteiger charge is 2.12. The Morgan fingerprint density at radius 3 is 2.78 bits per heavy atom. The van der Waals surface area contributed by atoms with E-state index in [0.717, 1.165) is 24.6 Å². The molecule has 0 radical (unpaired) electrons. The molecule has 0 saturated heterocycles. The molecule has 1 aromatic carbocycles. The van der Waals surface area contributed by atoms with E-state index in [9.17, 15) is 5.11 Å². The first-order chi connectivity index (χ1) is 8.79. The third-order valence-electron chi connectivity index (χ3n) is 3.73. The average molecular weight is 249 g/mol. The van der Waals surface area contributed by atoms with Crippen LogP contribution in [0.3, 0.4) is 0 Å². The summed E-state index contributed by atoms with van der Waals surface area (Å²) in [6.07, 6.45) is 6.92. The Morgan fingerprint density at radius 1 is 1.28 bits per heavy atom. The van der Waals surface area contributed by atoms with E-state index in [2.05, 4.69) is 5.32 Å². The van der Waals surface area contributed by atoms with Gasteiger partial charge in [-0.05, 0) is 43.0 Å². The van der Waals surface area contributed by atoms with E-state index in [4.69, 9.17) is 4.74 Å². The van der Waals surface area contributed by atoms with Gasteiger partial charge in [-0.15, -0.1) is 0 Å². The molecule has 0 bridgehead atoms. The molecule has 2 N–H and O–H groups in total. The van der Waals surface area contributed by atoms with Gasteiger partial charge in [0.1, 0.15) is 0 Å².